The van der Waals surface area contributed by atoms with Gasteiger partial charge in [-0.05, 0) is 231 Å². The first-order valence-corrected chi connectivity index (χ1v) is 39.2. The molecule has 1 heterocycles. The molecule has 0 aliphatic heterocycles. The monoisotopic (exact) mass is 1840 g/mol. The minimum Gasteiger partial charge on any atom is -0.480 e. The van der Waals surface area contributed by atoms with Crippen LogP contribution in [0.1, 0.15) is 178 Å². The number of methoxy groups -OCH3 is 3. The summed E-state index contributed by atoms with van der Waals surface area (Å²) in [6, 6.07) is 33.3. The molecule has 3 amide bonds. The minimum absolute atomic E-state index is 0.125. The number of aromatic nitrogens is 2. The molecule has 124 heavy (non-hydrogen) atoms. The number of carbonyl (C=O) groups excluding carboxylic acids is 10. The Bertz CT molecular complexity index is 4780. The molecule has 0 unspecified atom stereocenters. The third-order valence-corrected chi connectivity index (χ3v) is 17.4. The second-order valence-electron chi connectivity index (χ2n) is 31.1. The van der Waals surface area contributed by atoms with Crippen molar-refractivity contribution in [1.82, 2.24) is 26.5 Å². The van der Waals surface area contributed by atoms with E-state index in [0.717, 1.165) is 41.7 Å². The maximum absolute atomic E-state index is 12.8. The number of hydrogen-bond acceptors (Lipinski definition) is 25. The number of benzene rings is 6. The molecule has 3 fully saturated rings. The molecule has 1 aromatic heterocycles. The van der Waals surface area contributed by atoms with Crippen molar-refractivity contribution in [1.29, 1.82) is 0 Å². The van der Waals surface area contributed by atoms with Gasteiger partial charge in [-0.15, -0.1) is 21.8 Å². The lowest BCUT2D eigenvalue weighted by Crippen LogP contribution is -2.43. The van der Waals surface area contributed by atoms with Gasteiger partial charge in [-0.25, -0.2) is 5.84 Å². The standard InChI is InChI=1S/C23H22F3N3O3.C21H22F3N3O4.C14H12F3N3O.C9H14O4.C8H14O4.C7H10O4.C2H4BrCl/c1-21(2,3)32-20(30)22(12-13-22)19-29-28-18(31-19)16-6-4-5-7-17(16)27-15-10-8-14(9-11-15)23(24,25)26;1-20(2,3)31-18(29)12-17(28)26-27-19(30)15-6-4-5-7-16(15)25-14-10-8-13(9-11-14)21(22,23)24;15-14(16,17)9-5-7-10(8-6-9)19-12-4-2-1-3-11(12)13(21)20-18;1-8(2,3)13-7(12)9(4-5-9)6(10)11;1-8(2,3)12-7(10)5-6(9)11-4;1-10-5(8)7(3-4-7)6(9)11-2;3-1-2-4/h4-11,27H,12-13H2,1-3H3;4-11,25H,12H2,1-3H3,(H,26,28)(H,27,30);1-8,19H,18H2,(H,20,21);4-5H2,1-3H3,(H,10,11);5H2,1-4H3;3-4H2,1-2H3;1-2H2. The number of aliphatic carboxylic acids is 1. The summed E-state index contributed by atoms with van der Waals surface area (Å²) in [4.78, 5) is 126. The summed E-state index contributed by atoms with van der Waals surface area (Å²) in [5.41, 5.74) is 1.96. The second-order valence-corrected chi connectivity index (χ2v) is 32.3. The molecule has 0 bridgehead atoms. The number of rotatable bonds is 20. The number of nitrogen functional groups attached to an aromatic ring is 1. The number of alkyl halides is 11. The summed E-state index contributed by atoms with van der Waals surface area (Å²) in [6.07, 6.45) is -11.1. The van der Waals surface area contributed by atoms with Crippen LogP contribution in [0.4, 0.5) is 73.6 Å². The maximum Gasteiger partial charge on any atom is 0.416 e. The van der Waals surface area contributed by atoms with Crippen molar-refractivity contribution in [3.63, 3.8) is 0 Å². The topological polar surface area (TPSA) is 410 Å². The van der Waals surface area contributed by atoms with E-state index < -0.39 is 146 Å². The van der Waals surface area contributed by atoms with Gasteiger partial charge in [0.05, 0.1) is 71.8 Å². The molecular formula is C84H98BrClF9N9O20. The smallest absolute Gasteiger partial charge is 0.416 e. The van der Waals surface area contributed by atoms with Crippen molar-refractivity contribution in [2.24, 2.45) is 16.7 Å². The van der Waals surface area contributed by atoms with Crippen LogP contribution < -0.4 is 38.1 Å². The summed E-state index contributed by atoms with van der Waals surface area (Å²) in [7, 11) is 3.77. The molecule has 0 atom stereocenters. The number of carboxylic acids is 1. The number of para-hydroxylation sites is 3. The van der Waals surface area contributed by atoms with Crippen LogP contribution in [0.25, 0.3) is 11.5 Å². The van der Waals surface area contributed by atoms with Gasteiger partial charge in [-0.1, -0.05) is 52.3 Å². The van der Waals surface area contributed by atoms with Gasteiger partial charge in [0.15, 0.2) is 10.8 Å². The summed E-state index contributed by atoms with van der Waals surface area (Å²) in [5.74, 6) is -0.677. The lowest BCUT2D eigenvalue weighted by molar-refractivity contribution is -0.170. The van der Waals surface area contributed by atoms with Crippen LogP contribution in [0, 0.1) is 10.8 Å². The molecule has 7 aromatic rings. The zero-order valence-electron chi connectivity index (χ0n) is 70.3. The Hall–Kier alpha value is -11.9. The highest BCUT2D eigenvalue weighted by Gasteiger charge is 2.61. The molecule has 3 aliphatic rings. The predicted octanol–water partition coefficient (Wildman–Crippen LogP) is 16.7. The zero-order chi connectivity index (χ0) is 93.8. The number of anilines is 6. The molecule has 676 valence electrons. The minimum atomic E-state index is -4.45. The Kier molecular flexibility index (Phi) is 37.9. The third kappa shape index (κ3) is 34.4. The van der Waals surface area contributed by atoms with E-state index in [-0.39, 0.29) is 23.8 Å². The van der Waals surface area contributed by atoms with Crippen molar-refractivity contribution in [2.75, 3.05) is 48.5 Å². The number of ether oxygens (including phenoxy) is 7. The Morgan fingerprint density at radius 2 is 0.798 bits per heavy atom. The van der Waals surface area contributed by atoms with Gasteiger partial charge >= 0.3 is 66.3 Å². The first-order chi connectivity index (χ1) is 57.5. The van der Waals surface area contributed by atoms with Crippen LogP contribution in [0.3, 0.4) is 0 Å². The highest BCUT2D eigenvalue weighted by molar-refractivity contribution is 9.09. The van der Waals surface area contributed by atoms with E-state index in [1.807, 2.05) is 5.43 Å². The largest absolute Gasteiger partial charge is 0.480 e. The molecule has 10 rings (SSSR count). The molecule has 40 heteroatoms. The van der Waals surface area contributed by atoms with Crippen LogP contribution in [0.5, 0.6) is 0 Å². The zero-order valence-corrected chi connectivity index (χ0v) is 72.6. The molecule has 3 saturated carbocycles. The number of halogens is 11. The van der Waals surface area contributed by atoms with E-state index in [9.17, 15) is 92.3 Å². The van der Waals surface area contributed by atoms with Gasteiger partial charge in [-0.2, -0.15) is 39.5 Å². The molecule has 9 N–H and O–H groups in total. The molecule has 0 radical (unpaired) electrons. The summed E-state index contributed by atoms with van der Waals surface area (Å²) >= 11 is 8.26. The first-order valence-electron chi connectivity index (χ1n) is 37.5. The van der Waals surface area contributed by atoms with Crippen molar-refractivity contribution >= 4 is 127 Å². The Morgan fingerprint density at radius 1 is 0.444 bits per heavy atom. The van der Waals surface area contributed by atoms with Gasteiger partial charge < -0.3 is 58.6 Å². The van der Waals surface area contributed by atoms with Gasteiger partial charge in [0, 0.05) is 28.3 Å². The normalized spacial score (nSPS) is 13.6. The van der Waals surface area contributed by atoms with Crippen LogP contribution in [-0.4, -0.2) is 136 Å². The molecular weight excluding hydrogens is 1740 g/mol. The highest BCUT2D eigenvalue weighted by atomic mass is 79.9. The fourth-order valence-electron chi connectivity index (χ4n) is 9.99. The Balaban J connectivity index is 0.000000324. The third-order valence-electron chi connectivity index (χ3n) is 16.4. The molecule has 0 saturated heterocycles. The molecule has 0 spiro atoms. The number of hydrazine groups is 2. The van der Waals surface area contributed by atoms with Crippen LogP contribution >= 0.6 is 27.5 Å². The number of esters is 7. The number of carbonyl (C=O) groups is 11. The second kappa shape index (κ2) is 45.0. The quantitative estimate of drug-likeness (QED) is 0.00513. The SMILES string of the molecule is CC(C)(C)OC(=O)C1(C(=O)O)CC1.CC(C)(C)OC(=O)C1(c2nnc(-c3ccccc3Nc3ccc(C(F)(F)F)cc3)o2)CC1.CC(C)(C)OC(=O)CC(=O)NNC(=O)c1ccccc1Nc1ccc(C(F)(F)F)cc1.COC(=O)C1(C(=O)OC)CC1.COC(=O)CC(=O)OC(C)(C)C.ClCCBr.NNC(=O)c1ccccc1Nc1ccc(C(F)(F)F)cc1. The average molecular weight is 1840 g/mol. The number of hydrogen-bond donors (Lipinski definition) is 8. The molecule has 6 aromatic carbocycles. The first kappa shape index (κ1) is 104. The highest BCUT2D eigenvalue weighted by Crippen LogP contribution is 2.51. The number of amides is 3. The lowest BCUT2D eigenvalue weighted by atomic mass is 10.1. The van der Waals surface area contributed by atoms with E-state index in [1.165, 1.54) is 63.8 Å². The van der Waals surface area contributed by atoms with Gasteiger partial charge in [-0.3, -0.25) is 69.0 Å². The van der Waals surface area contributed by atoms with Crippen molar-refractivity contribution in [2.45, 2.75) is 181 Å². The fraction of sp³-hybridized carbons (Fsp3) is 0.417. The van der Waals surface area contributed by atoms with E-state index in [2.05, 4.69) is 67.1 Å². The van der Waals surface area contributed by atoms with Gasteiger partial charge in [0.25, 0.3) is 11.8 Å². The Morgan fingerprint density at radius 3 is 1.14 bits per heavy atom. The molecule has 3 aliphatic carbocycles. The number of nitrogens with two attached hydrogens (primary N) is 1. The van der Waals surface area contributed by atoms with E-state index in [0.29, 0.717) is 89.7 Å². The van der Waals surface area contributed by atoms with E-state index >= 15 is 0 Å². The van der Waals surface area contributed by atoms with Crippen LogP contribution in [0.2, 0.25) is 0 Å². The summed E-state index contributed by atoms with van der Waals surface area (Å²) < 4.78 is 153. The maximum atomic E-state index is 12.8. The van der Waals surface area contributed by atoms with Gasteiger partial charge in [0.1, 0.15) is 40.7 Å². The summed E-state index contributed by atoms with van der Waals surface area (Å²) in [6.45, 7) is 20.7. The Labute approximate surface area is 721 Å². The van der Waals surface area contributed by atoms with Crippen LogP contribution in [-0.2, 0) is 100 Å². The van der Waals surface area contributed by atoms with Crippen molar-refractivity contribution in [3.05, 3.63) is 179 Å². The average Bonchev–Trinajstić information content (AvgIpc) is 1.57. The number of carboxylic acid groups (broad SMARTS) is 1. The van der Waals surface area contributed by atoms with Crippen LogP contribution in [0.15, 0.2) is 150 Å². The summed E-state index contributed by atoms with van der Waals surface area (Å²) in [5, 5.41) is 26.7. The predicted molar refractivity (Wildman–Crippen MR) is 439 cm³/mol. The van der Waals surface area contributed by atoms with E-state index in [1.54, 1.807) is 150 Å². The van der Waals surface area contributed by atoms with Crippen molar-refractivity contribution < 1.29 is 135 Å². The number of nitrogens with zero attached hydrogens (tertiary/aromatic N) is 2. The van der Waals surface area contributed by atoms with Crippen molar-refractivity contribution in [3.8, 4) is 11.5 Å². The van der Waals surface area contributed by atoms with Gasteiger partial charge in [0.2, 0.25) is 17.7 Å². The number of nitrogens with one attached hydrogen (secondary N) is 6. The van der Waals surface area contributed by atoms with E-state index in [4.69, 9.17) is 45.9 Å². The fourth-order valence-corrected chi connectivity index (χ4v) is 9.99. The lowest BCUT2D eigenvalue weighted by Gasteiger charge is -2.22. The molecule has 29 nitrogen and oxygen atoms in total.